The molecular weight excluding hydrogens is 476 g/mol. The van der Waals surface area contributed by atoms with Gasteiger partial charge in [0.25, 0.3) is 5.91 Å². The van der Waals surface area contributed by atoms with Crippen molar-refractivity contribution in [3.63, 3.8) is 0 Å². The van der Waals surface area contributed by atoms with E-state index in [9.17, 15) is 9.59 Å². The molecule has 7 heteroatoms. The molecule has 5 rings (SSSR count). The first-order valence-corrected chi connectivity index (χ1v) is 12.2. The van der Waals surface area contributed by atoms with Crippen LogP contribution in [0.5, 0.6) is 0 Å². The maximum atomic E-state index is 13.0. The SMILES string of the molecule is O=C(O)c1ccc(CCN2C(=O)/C(=C/c3cccc(-c4cnc5ccccc5c4)c3)SC2=S)cc1. The number of aromatic carboxylic acids is 1. The Kier molecular flexibility index (Phi) is 6.44. The van der Waals surface area contributed by atoms with E-state index in [1.807, 2.05) is 60.8 Å². The molecule has 3 aromatic carbocycles. The number of carboxylic acid groups (broad SMARTS) is 1. The summed E-state index contributed by atoms with van der Waals surface area (Å²) in [5, 5.41) is 10.1. The molecule has 1 saturated heterocycles. The molecule has 0 radical (unpaired) electrons. The Balaban J connectivity index is 1.32. The van der Waals surface area contributed by atoms with Crippen LogP contribution in [0.2, 0.25) is 0 Å². The minimum atomic E-state index is -0.959. The van der Waals surface area contributed by atoms with Crippen molar-refractivity contribution in [3.05, 3.63) is 107 Å². The molecule has 1 amide bonds. The van der Waals surface area contributed by atoms with Crippen molar-refractivity contribution in [1.82, 2.24) is 9.88 Å². The van der Waals surface area contributed by atoms with Crippen molar-refractivity contribution in [3.8, 4) is 11.1 Å². The van der Waals surface area contributed by atoms with Gasteiger partial charge in [0.15, 0.2) is 0 Å². The van der Waals surface area contributed by atoms with Crippen LogP contribution in [0.4, 0.5) is 0 Å². The maximum absolute atomic E-state index is 13.0. The summed E-state index contributed by atoms with van der Waals surface area (Å²) in [5.41, 5.74) is 5.10. The van der Waals surface area contributed by atoms with Gasteiger partial charge < -0.3 is 5.11 Å². The molecule has 1 N–H and O–H groups in total. The lowest BCUT2D eigenvalue weighted by molar-refractivity contribution is -0.122. The third-order valence-electron chi connectivity index (χ3n) is 5.81. The van der Waals surface area contributed by atoms with Crippen molar-refractivity contribution in [1.29, 1.82) is 0 Å². The molecule has 0 bridgehead atoms. The summed E-state index contributed by atoms with van der Waals surface area (Å²) in [6.07, 6.45) is 4.33. The lowest BCUT2D eigenvalue weighted by Crippen LogP contribution is -2.30. The quantitative estimate of drug-likeness (QED) is 0.259. The molecule has 5 nitrogen and oxygen atoms in total. The molecule has 0 aliphatic carbocycles. The van der Waals surface area contributed by atoms with Gasteiger partial charge in [0.2, 0.25) is 0 Å². The summed E-state index contributed by atoms with van der Waals surface area (Å²) in [4.78, 5) is 30.8. The fourth-order valence-electron chi connectivity index (χ4n) is 3.94. The Labute approximate surface area is 212 Å². The van der Waals surface area contributed by atoms with E-state index in [1.165, 1.54) is 11.8 Å². The summed E-state index contributed by atoms with van der Waals surface area (Å²) >= 11 is 6.77. The second-order valence-electron chi connectivity index (χ2n) is 8.13. The number of hydrogen-bond donors (Lipinski definition) is 1. The second-order valence-corrected chi connectivity index (χ2v) is 9.80. The Morgan fingerprint density at radius 2 is 1.80 bits per heavy atom. The van der Waals surface area contributed by atoms with E-state index < -0.39 is 5.97 Å². The van der Waals surface area contributed by atoms with Crippen LogP contribution < -0.4 is 0 Å². The lowest BCUT2D eigenvalue weighted by Gasteiger charge is -2.14. The van der Waals surface area contributed by atoms with Crippen LogP contribution in [0.25, 0.3) is 28.1 Å². The number of aromatic nitrogens is 1. The lowest BCUT2D eigenvalue weighted by atomic mass is 10.0. The van der Waals surface area contributed by atoms with E-state index in [2.05, 4.69) is 11.1 Å². The molecule has 0 spiro atoms. The number of para-hydroxylation sites is 1. The highest BCUT2D eigenvalue weighted by atomic mass is 32.2. The molecule has 1 fully saturated rings. The number of hydrogen-bond acceptors (Lipinski definition) is 5. The Morgan fingerprint density at radius 1 is 1.00 bits per heavy atom. The molecular formula is C28H20N2O3S2. The monoisotopic (exact) mass is 496 g/mol. The van der Waals surface area contributed by atoms with E-state index in [1.54, 1.807) is 29.2 Å². The first kappa shape index (κ1) is 23.0. The summed E-state index contributed by atoms with van der Waals surface area (Å²) in [7, 11) is 0. The zero-order chi connectivity index (χ0) is 24.4. The van der Waals surface area contributed by atoms with E-state index in [0.717, 1.165) is 33.2 Å². The molecule has 2 heterocycles. The number of fused-ring (bicyclic) bond motifs is 1. The summed E-state index contributed by atoms with van der Waals surface area (Å²) in [5.74, 6) is -1.07. The van der Waals surface area contributed by atoms with Crippen LogP contribution in [0.3, 0.4) is 0 Å². The summed E-state index contributed by atoms with van der Waals surface area (Å²) in [6, 6.07) is 24.8. The van der Waals surface area contributed by atoms with Gasteiger partial charge in [-0.05, 0) is 59.5 Å². The standard InChI is InChI=1S/C28H20N2O3S2/c31-26-25(35-28(34)30(26)13-12-18-8-10-20(11-9-18)27(32)33)15-19-4-3-6-21(14-19)23-16-22-5-1-2-7-24(22)29-17-23/h1-11,14-17H,12-13H2,(H,32,33)/b25-15-. The first-order valence-electron chi connectivity index (χ1n) is 11.0. The number of rotatable bonds is 6. The summed E-state index contributed by atoms with van der Waals surface area (Å²) < 4.78 is 0.526. The number of benzene rings is 3. The number of carbonyl (C=O) groups is 2. The molecule has 1 aliphatic rings. The smallest absolute Gasteiger partial charge is 0.335 e. The average Bonchev–Trinajstić information content (AvgIpc) is 3.14. The van der Waals surface area contributed by atoms with Crippen LogP contribution in [0.15, 0.2) is 90.0 Å². The maximum Gasteiger partial charge on any atom is 0.335 e. The van der Waals surface area contributed by atoms with Crippen LogP contribution >= 0.6 is 24.0 Å². The Bertz CT molecular complexity index is 1500. The highest BCUT2D eigenvalue weighted by Crippen LogP contribution is 2.33. The normalized spacial score (nSPS) is 14.7. The Hall–Kier alpha value is -3.81. The largest absolute Gasteiger partial charge is 0.478 e. The molecule has 35 heavy (non-hydrogen) atoms. The molecule has 4 aromatic rings. The minimum Gasteiger partial charge on any atom is -0.478 e. The van der Waals surface area contributed by atoms with Crippen LogP contribution in [-0.2, 0) is 11.2 Å². The third-order valence-corrected chi connectivity index (χ3v) is 7.18. The minimum absolute atomic E-state index is 0.111. The number of pyridine rings is 1. The van der Waals surface area contributed by atoms with Gasteiger partial charge in [-0.3, -0.25) is 14.7 Å². The number of carboxylic acids is 1. The molecule has 0 unspecified atom stereocenters. The topological polar surface area (TPSA) is 70.5 Å². The van der Waals surface area contributed by atoms with Crippen molar-refractivity contribution in [2.24, 2.45) is 0 Å². The number of amides is 1. The van der Waals surface area contributed by atoms with E-state index in [-0.39, 0.29) is 11.5 Å². The second kappa shape index (κ2) is 9.82. The molecule has 1 aliphatic heterocycles. The molecule has 172 valence electrons. The first-order chi connectivity index (χ1) is 17.0. The fourth-order valence-corrected chi connectivity index (χ4v) is 5.24. The zero-order valence-corrected chi connectivity index (χ0v) is 20.2. The number of thiocarbonyl (C=S) groups is 1. The van der Waals surface area contributed by atoms with Crippen molar-refractivity contribution in [2.75, 3.05) is 6.54 Å². The predicted octanol–water partition coefficient (Wildman–Crippen LogP) is 6.04. The van der Waals surface area contributed by atoms with Gasteiger partial charge in [-0.25, -0.2) is 4.79 Å². The van der Waals surface area contributed by atoms with Gasteiger partial charge in [0.1, 0.15) is 4.32 Å². The van der Waals surface area contributed by atoms with E-state index in [4.69, 9.17) is 17.3 Å². The average molecular weight is 497 g/mol. The highest BCUT2D eigenvalue weighted by molar-refractivity contribution is 8.26. The molecule has 0 saturated carbocycles. The van der Waals surface area contributed by atoms with Crippen LogP contribution in [0.1, 0.15) is 21.5 Å². The van der Waals surface area contributed by atoms with Crippen LogP contribution in [-0.4, -0.2) is 37.7 Å². The fraction of sp³-hybridized carbons (Fsp3) is 0.0714. The zero-order valence-electron chi connectivity index (χ0n) is 18.5. The van der Waals surface area contributed by atoms with E-state index in [0.29, 0.717) is 22.2 Å². The predicted molar refractivity (Wildman–Crippen MR) is 144 cm³/mol. The number of nitrogens with zero attached hydrogens (tertiary/aromatic N) is 2. The molecule has 1 aromatic heterocycles. The molecule has 0 atom stereocenters. The van der Waals surface area contributed by atoms with Crippen LogP contribution in [0, 0.1) is 0 Å². The Morgan fingerprint density at radius 3 is 2.60 bits per heavy atom. The summed E-state index contributed by atoms with van der Waals surface area (Å²) in [6.45, 7) is 0.442. The van der Waals surface area contributed by atoms with Crippen molar-refractivity contribution >= 4 is 57.2 Å². The van der Waals surface area contributed by atoms with Gasteiger partial charge in [-0.1, -0.05) is 72.5 Å². The van der Waals surface area contributed by atoms with Gasteiger partial charge in [-0.2, -0.15) is 0 Å². The van der Waals surface area contributed by atoms with E-state index >= 15 is 0 Å². The van der Waals surface area contributed by atoms with Gasteiger partial charge in [0.05, 0.1) is 16.0 Å². The third kappa shape index (κ3) is 5.01. The van der Waals surface area contributed by atoms with Gasteiger partial charge >= 0.3 is 5.97 Å². The van der Waals surface area contributed by atoms with Gasteiger partial charge in [0, 0.05) is 23.7 Å². The van der Waals surface area contributed by atoms with Crippen molar-refractivity contribution in [2.45, 2.75) is 6.42 Å². The van der Waals surface area contributed by atoms with Gasteiger partial charge in [-0.15, -0.1) is 0 Å². The highest BCUT2D eigenvalue weighted by Gasteiger charge is 2.31. The number of carbonyl (C=O) groups excluding carboxylic acids is 1. The number of thioether (sulfide) groups is 1. The van der Waals surface area contributed by atoms with Crippen molar-refractivity contribution < 1.29 is 14.7 Å².